The number of unbranched alkanes of at least 4 members (excludes halogenated alkanes) is 32. The molecule has 0 spiro atoms. The second kappa shape index (κ2) is 68.9. The first-order valence-corrected chi connectivity index (χ1v) is 37.6. The van der Waals surface area contributed by atoms with Crippen molar-refractivity contribution in [1.82, 2.24) is 5.32 Å². The summed E-state index contributed by atoms with van der Waals surface area (Å²) in [4.78, 5) is 13.1. The molecule has 1 amide bonds. The van der Waals surface area contributed by atoms with Gasteiger partial charge in [-0.15, -0.1) is 0 Å². The molecule has 9 nitrogen and oxygen atoms in total. The first-order chi connectivity index (χ1) is 44.8. The van der Waals surface area contributed by atoms with Gasteiger partial charge < -0.3 is 40.3 Å². The fourth-order valence-corrected chi connectivity index (χ4v) is 11.1. The minimum absolute atomic E-state index is 0.210. The molecule has 7 atom stereocenters. The molecule has 0 aromatic heterocycles. The van der Waals surface area contributed by atoms with E-state index in [0.29, 0.717) is 12.8 Å². The van der Waals surface area contributed by atoms with Crippen molar-refractivity contribution >= 4 is 5.91 Å². The SMILES string of the molecule is CC/C=C\C/C=C\C/C=C\C/C=C\C/C=C\C/C=C\C/C=C\C/C=C\C/C=C\C/C=C\C/C=C\CCCCCC(=O)NC(COC1OC(CO)C(O)C(O)C1O)C(O)/C=C/CCCCCCCCCCCCCCCCCCCCCCCCCCCCCCC. The van der Waals surface area contributed by atoms with E-state index in [0.717, 1.165) is 109 Å². The van der Waals surface area contributed by atoms with E-state index >= 15 is 0 Å². The number of carbonyl (C=O) groups is 1. The maximum Gasteiger partial charge on any atom is 0.220 e. The Morgan fingerprint density at radius 3 is 1.01 bits per heavy atom. The summed E-state index contributed by atoms with van der Waals surface area (Å²) in [5.74, 6) is -0.211. The van der Waals surface area contributed by atoms with Gasteiger partial charge >= 0.3 is 0 Å². The van der Waals surface area contributed by atoms with Crippen LogP contribution in [0.3, 0.4) is 0 Å². The molecule has 91 heavy (non-hydrogen) atoms. The van der Waals surface area contributed by atoms with Crippen LogP contribution in [-0.4, -0.2) is 87.5 Å². The number of hydrogen-bond donors (Lipinski definition) is 6. The molecule has 1 rings (SSSR count). The average Bonchev–Trinajstić information content (AvgIpc) is 1.70. The van der Waals surface area contributed by atoms with Gasteiger partial charge in [0.25, 0.3) is 0 Å². The van der Waals surface area contributed by atoms with Crippen LogP contribution in [0.5, 0.6) is 0 Å². The maximum absolute atomic E-state index is 13.1. The molecule has 0 aromatic carbocycles. The van der Waals surface area contributed by atoms with Crippen LogP contribution in [-0.2, 0) is 14.3 Å². The van der Waals surface area contributed by atoms with Crippen LogP contribution in [0.25, 0.3) is 0 Å². The minimum Gasteiger partial charge on any atom is -0.394 e. The lowest BCUT2D eigenvalue weighted by atomic mass is 9.99. The standard InChI is InChI=1S/C82H139NO8/c1-3-5-7-9-11-13-15-17-19-21-23-25-27-29-31-33-35-36-37-38-39-40-42-44-46-48-50-52-54-56-58-60-62-64-66-68-70-72-78(86)83-75(74-90-82-81(89)80(88)79(87)77(73-84)91-82)76(85)71-69-67-65-63-61-59-57-55-53-51-49-47-45-43-41-34-32-30-28-26-24-22-20-18-16-14-12-10-8-6-4-2/h5,7,11,13,17,19,23,25,29,31,35-36,38-39,42,44,48,50,54,56,60,62,69,71,75-77,79-82,84-85,87-89H,3-4,6,8-10,12,14-16,18,20-22,24,26-28,30,32-34,37,40-41,43,45-47,49,51-53,55,57-59,61,63-68,70,72-74H2,1-2H3,(H,83,86)/b7-5-,13-11-,19-17-,25-23-,31-29-,36-35-,39-38-,44-42-,50-48-,56-54-,62-60-,71-69+. The van der Waals surface area contributed by atoms with Crippen LogP contribution in [0.15, 0.2) is 146 Å². The fourth-order valence-electron chi connectivity index (χ4n) is 11.1. The van der Waals surface area contributed by atoms with Gasteiger partial charge in [0.05, 0.1) is 25.4 Å². The lowest BCUT2D eigenvalue weighted by Gasteiger charge is -2.40. The van der Waals surface area contributed by atoms with Crippen molar-refractivity contribution in [2.24, 2.45) is 0 Å². The highest BCUT2D eigenvalue weighted by Gasteiger charge is 2.44. The number of hydrogen-bond acceptors (Lipinski definition) is 8. The largest absolute Gasteiger partial charge is 0.394 e. The van der Waals surface area contributed by atoms with E-state index in [-0.39, 0.29) is 12.5 Å². The Labute approximate surface area is 559 Å². The lowest BCUT2D eigenvalue weighted by molar-refractivity contribution is -0.302. The van der Waals surface area contributed by atoms with Crippen molar-refractivity contribution in [1.29, 1.82) is 0 Å². The van der Waals surface area contributed by atoms with Crippen LogP contribution in [0.2, 0.25) is 0 Å². The Balaban J connectivity index is 2.18. The summed E-state index contributed by atoms with van der Waals surface area (Å²) < 4.78 is 11.3. The van der Waals surface area contributed by atoms with E-state index in [1.54, 1.807) is 6.08 Å². The van der Waals surface area contributed by atoms with Gasteiger partial charge in [-0.3, -0.25) is 4.79 Å². The molecule has 0 aliphatic carbocycles. The second-order valence-corrected chi connectivity index (χ2v) is 25.4. The average molecular weight is 1270 g/mol. The highest BCUT2D eigenvalue weighted by Crippen LogP contribution is 2.23. The van der Waals surface area contributed by atoms with Crippen molar-refractivity contribution in [2.75, 3.05) is 13.2 Å². The fraction of sp³-hybridized carbons (Fsp3) is 0.695. The van der Waals surface area contributed by atoms with E-state index in [1.807, 2.05) is 6.08 Å². The van der Waals surface area contributed by atoms with E-state index in [4.69, 9.17) is 9.47 Å². The highest BCUT2D eigenvalue weighted by molar-refractivity contribution is 5.76. The van der Waals surface area contributed by atoms with Gasteiger partial charge in [-0.2, -0.15) is 0 Å². The number of aliphatic hydroxyl groups is 5. The smallest absolute Gasteiger partial charge is 0.220 e. The molecule has 1 aliphatic rings. The van der Waals surface area contributed by atoms with E-state index in [2.05, 4.69) is 153 Å². The van der Waals surface area contributed by atoms with Crippen molar-refractivity contribution in [3.8, 4) is 0 Å². The zero-order valence-corrected chi connectivity index (χ0v) is 58.3. The molecule has 1 heterocycles. The van der Waals surface area contributed by atoms with Crippen molar-refractivity contribution in [3.05, 3.63) is 146 Å². The zero-order chi connectivity index (χ0) is 65.7. The van der Waals surface area contributed by atoms with Crippen molar-refractivity contribution < 1.29 is 39.8 Å². The Morgan fingerprint density at radius 1 is 0.385 bits per heavy atom. The monoisotopic (exact) mass is 1270 g/mol. The molecule has 6 N–H and O–H groups in total. The molecule has 1 aliphatic heterocycles. The van der Waals surface area contributed by atoms with Gasteiger partial charge in [-0.1, -0.05) is 346 Å². The van der Waals surface area contributed by atoms with Crippen LogP contribution in [0, 0.1) is 0 Å². The maximum atomic E-state index is 13.1. The third-order valence-electron chi connectivity index (χ3n) is 16.9. The minimum atomic E-state index is -1.58. The molecule has 7 unspecified atom stereocenters. The quantitative estimate of drug-likeness (QED) is 0.0261. The van der Waals surface area contributed by atoms with Crippen LogP contribution in [0.4, 0.5) is 0 Å². The predicted octanol–water partition coefficient (Wildman–Crippen LogP) is 21.3. The summed E-state index contributed by atoms with van der Waals surface area (Å²) in [5, 5.41) is 54.8. The predicted molar refractivity (Wildman–Crippen MR) is 391 cm³/mol. The number of allylic oxidation sites excluding steroid dienone is 23. The van der Waals surface area contributed by atoms with Gasteiger partial charge in [0, 0.05) is 6.42 Å². The van der Waals surface area contributed by atoms with Crippen LogP contribution in [0.1, 0.15) is 309 Å². The third kappa shape index (κ3) is 57.3. The molecule has 0 radical (unpaired) electrons. The molecule has 9 heteroatoms. The molecule has 1 saturated heterocycles. The van der Waals surface area contributed by atoms with Crippen molar-refractivity contribution in [3.63, 3.8) is 0 Å². The molecular weight excluding hydrogens is 1130 g/mol. The molecule has 1 fully saturated rings. The molecular formula is C82H139NO8. The Bertz CT molecular complexity index is 1950. The number of aliphatic hydroxyl groups excluding tert-OH is 5. The lowest BCUT2D eigenvalue weighted by Crippen LogP contribution is -2.60. The Kier molecular flexibility index (Phi) is 64.4. The van der Waals surface area contributed by atoms with Crippen LogP contribution >= 0.6 is 0 Å². The molecule has 0 bridgehead atoms. The summed E-state index contributed by atoms with van der Waals surface area (Å²) in [7, 11) is 0. The first kappa shape index (κ1) is 85.1. The summed E-state index contributed by atoms with van der Waals surface area (Å²) in [6.07, 6.45) is 99.6. The number of rotatable bonds is 64. The summed E-state index contributed by atoms with van der Waals surface area (Å²) in [6.45, 7) is 3.67. The number of amides is 1. The Morgan fingerprint density at radius 2 is 0.681 bits per heavy atom. The van der Waals surface area contributed by atoms with Gasteiger partial charge in [-0.25, -0.2) is 0 Å². The van der Waals surface area contributed by atoms with Gasteiger partial charge in [-0.05, 0) is 103 Å². The first-order valence-electron chi connectivity index (χ1n) is 37.6. The van der Waals surface area contributed by atoms with Gasteiger partial charge in [0.2, 0.25) is 5.91 Å². The topological polar surface area (TPSA) is 149 Å². The van der Waals surface area contributed by atoms with E-state index in [9.17, 15) is 30.3 Å². The number of carbonyl (C=O) groups excluding carboxylic acids is 1. The zero-order valence-electron chi connectivity index (χ0n) is 58.3. The molecule has 0 aromatic rings. The number of ether oxygens (including phenoxy) is 2. The van der Waals surface area contributed by atoms with Gasteiger partial charge in [0.15, 0.2) is 6.29 Å². The second-order valence-electron chi connectivity index (χ2n) is 25.4. The summed E-state index contributed by atoms with van der Waals surface area (Å²) >= 11 is 0. The summed E-state index contributed by atoms with van der Waals surface area (Å²) in [5.41, 5.74) is 0. The van der Waals surface area contributed by atoms with Crippen molar-refractivity contribution in [2.45, 2.75) is 352 Å². The Hall–Kier alpha value is -3.93. The normalized spacial score (nSPS) is 18.6. The van der Waals surface area contributed by atoms with E-state index in [1.165, 1.54) is 173 Å². The van der Waals surface area contributed by atoms with Gasteiger partial charge in [0.1, 0.15) is 24.4 Å². The van der Waals surface area contributed by atoms with Crippen LogP contribution < -0.4 is 5.32 Å². The highest BCUT2D eigenvalue weighted by atomic mass is 16.7. The summed E-state index contributed by atoms with van der Waals surface area (Å²) in [6, 6.07) is -0.836. The molecule has 520 valence electrons. The number of nitrogens with one attached hydrogen (secondary N) is 1. The molecule has 0 saturated carbocycles. The third-order valence-corrected chi connectivity index (χ3v) is 16.9. The van der Waals surface area contributed by atoms with E-state index < -0.39 is 49.5 Å².